The molecule has 0 amide bonds. The van der Waals surface area contributed by atoms with E-state index in [0.717, 1.165) is 4.68 Å². The van der Waals surface area contributed by atoms with Crippen LogP contribution in [-0.2, 0) is 18.3 Å². The summed E-state index contributed by atoms with van der Waals surface area (Å²) in [6, 6.07) is 10.1. The molecule has 0 aliphatic carbocycles. The predicted octanol–water partition coefficient (Wildman–Crippen LogP) is 1.06. The van der Waals surface area contributed by atoms with E-state index in [1.54, 1.807) is 41.9 Å². The Labute approximate surface area is 181 Å². The molecule has 4 rings (SSSR count). The number of carbonyl (C=O) groups is 1. The van der Waals surface area contributed by atoms with Crippen molar-refractivity contribution in [3.63, 3.8) is 0 Å². The number of aryl methyl sites for hydroxylation is 3. The van der Waals surface area contributed by atoms with Gasteiger partial charge in [-0.1, -0.05) is 0 Å². The van der Waals surface area contributed by atoms with Crippen LogP contribution < -0.4 is 11.2 Å². The summed E-state index contributed by atoms with van der Waals surface area (Å²) < 4.78 is 10.2. The lowest BCUT2D eigenvalue weighted by Crippen LogP contribution is -2.23. The second kappa shape index (κ2) is 7.66. The van der Waals surface area contributed by atoms with Crippen molar-refractivity contribution in [3.05, 3.63) is 68.4 Å². The number of aromatic nitrogens is 6. The standard InChI is InChI=1S/C21H19N7O4/c1-5-26-18-15(10-12(2)23-17(18)20(30)32-4)19(29)28(26)14-8-6-13(7-9-14)27-16(11-22)24-25(3)21(27)31/h6-10H,5H2,1-4H3. The average molecular weight is 433 g/mol. The van der Waals surface area contributed by atoms with Crippen LogP contribution in [0, 0.1) is 18.3 Å². The van der Waals surface area contributed by atoms with Crippen LogP contribution in [0.2, 0.25) is 0 Å². The number of pyridine rings is 1. The zero-order chi connectivity index (χ0) is 23.2. The SMILES string of the molecule is CCn1c2c(C(=O)OC)nc(C)cc2c(=O)n1-c1ccc(-n2c(C#N)nn(C)c2=O)cc1. The van der Waals surface area contributed by atoms with Crippen molar-refractivity contribution in [1.29, 1.82) is 5.26 Å². The maximum Gasteiger partial charge on any atom is 0.358 e. The first kappa shape index (κ1) is 20.8. The highest BCUT2D eigenvalue weighted by molar-refractivity contribution is 6.01. The van der Waals surface area contributed by atoms with Gasteiger partial charge in [-0.15, -0.1) is 5.10 Å². The van der Waals surface area contributed by atoms with Crippen molar-refractivity contribution in [3.8, 4) is 17.4 Å². The third kappa shape index (κ3) is 3.01. The first-order valence-corrected chi connectivity index (χ1v) is 9.70. The highest BCUT2D eigenvalue weighted by atomic mass is 16.5. The number of rotatable bonds is 4. The molecule has 0 N–H and O–H groups in total. The zero-order valence-corrected chi connectivity index (χ0v) is 17.9. The predicted molar refractivity (Wildman–Crippen MR) is 114 cm³/mol. The van der Waals surface area contributed by atoms with Gasteiger partial charge < -0.3 is 4.74 Å². The number of carbonyl (C=O) groups excluding carboxylic acids is 1. The molecule has 162 valence electrons. The Morgan fingerprint density at radius 3 is 2.44 bits per heavy atom. The summed E-state index contributed by atoms with van der Waals surface area (Å²) in [5.41, 5.74) is 1.14. The molecule has 4 aromatic rings. The molecule has 0 aliphatic rings. The summed E-state index contributed by atoms with van der Waals surface area (Å²) in [6.45, 7) is 3.93. The molecule has 0 saturated carbocycles. The molecule has 0 aliphatic heterocycles. The molecular formula is C21H19N7O4. The van der Waals surface area contributed by atoms with Crippen molar-refractivity contribution in [2.45, 2.75) is 20.4 Å². The maximum atomic E-state index is 13.3. The van der Waals surface area contributed by atoms with Crippen molar-refractivity contribution in [2.24, 2.45) is 7.05 Å². The molecule has 11 heteroatoms. The Balaban J connectivity index is 1.95. The molecule has 0 spiro atoms. The highest BCUT2D eigenvalue weighted by Gasteiger charge is 2.23. The number of hydrogen-bond acceptors (Lipinski definition) is 7. The first-order chi connectivity index (χ1) is 15.3. The lowest BCUT2D eigenvalue weighted by atomic mass is 10.2. The van der Waals surface area contributed by atoms with E-state index in [1.807, 2.05) is 13.0 Å². The highest BCUT2D eigenvalue weighted by Crippen LogP contribution is 2.21. The van der Waals surface area contributed by atoms with Crippen LogP contribution in [0.15, 0.2) is 39.9 Å². The number of benzene rings is 1. The van der Waals surface area contributed by atoms with Gasteiger partial charge in [0.05, 0.1) is 23.9 Å². The number of nitrogens with zero attached hydrogens (tertiary/aromatic N) is 7. The summed E-state index contributed by atoms with van der Waals surface area (Å²) in [4.78, 5) is 42.2. The molecule has 0 unspecified atom stereocenters. The maximum absolute atomic E-state index is 13.3. The molecule has 0 fully saturated rings. The van der Waals surface area contributed by atoms with E-state index >= 15 is 0 Å². The average Bonchev–Trinajstić information content (AvgIpc) is 3.25. The van der Waals surface area contributed by atoms with E-state index in [2.05, 4.69) is 10.1 Å². The van der Waals surface area contributed by atoms with Crippen molar-refractivity contribution in [2.75, 3.05) is 7.11 Å². The van der Waals surface area contributed by atoms with E-state index in [-0.39, 0.29) is 17.1 Å². The molecule has 0 radical (unpaired) electrons. The number of methoxy groups -OCH3 is 1. The summed E-state index contributed by atoms with van der Waals surface area (Å²) >= 11 is 0. The first-order valence-electron chi connectivity index (χ1n) is 9.70. The fourth-order valence-corrected chi connectivity index (χ4v) is 3.72. The molecule has 32 heavy (non-hydrogen) atoms. The smallest absolute Gasteiger partial charge is 0.358 e. The number of fused-ring (bicyclic) bond motifs is 1. The van der Waals surface area contributed by atoms with Gasteiger partial charge in [0.2, 0.25) is 5.82 Å². The number of ether oxygens (including phenoxy) is 1. The van der Waals surface area contributed by atoms with Crippen LogP contribution >= 0.6 is 0 Å². The Bertz CT molecular complexity index is 1530. The molecule has 1 aromatic carbocycles. The van der Waals surface area contributed by atoms with E-state index < -0.39 is 11.7 Å². The van der Waals surface area contributed by atoms with Gasteiger partial charge in [-0.3, -0.25) is 9.48 Å². The van der Waals surface area contributed by atoms with Gasteiger partial charge in [0.15, 0.2) is 5.69 Å². The fraction of sp³-hybridized carbons (Fsp3) is 0.238. The zero-order valence-electron chi connectivity index (χ0n) is 17.9. The molecule has 0 saturated heterocycles. The fourth-order valence-electron chi connectivity index (χ4n) is 3.72. The van der Waals surface area contributed by atoms with Crippen molar-refractivity contribution in [1.82, 2.24) is 28.7 Å². The normalized spacial score (nSPS) is 11.0. The summed E-state index contributed by atoms with van der Waals surface area (Å²) in [7, 11) is 2.72. The minimum Gasteiger partial charge on any atom is -0.464 e. The van der Waals surface area contributed by atoms with Gasteiger partial charge in [0.25, 0.3) is 5.56 Å². The van der Waals surface area contributed by atoms with Crippen LogP contribution in [0.5, 0.6) is 0 Å². The largest absolute Gasteiger partial charge is 0.464 e. The van der Waals surface area contributed by atoms with Crippen LogP contribution in [-0.4, -0.2) is 41.8 Å². The van der Waals surface area contributed by atoms with Gasteiger partial charge in [-0.25, -0.2) is 28.5 Å². The van der Waals surface area contributed by atoms with Crippen LogP contribution in [0.3, 0.4) is 0 Å². The Morgan fingerprint density at radius 1 is 1.19 bits per heavy atom. The molecule has 3 aromatic heterocycles. The Kier molecular flexibility index (Phi) is 4.98. The van der Waals surface area contributed by atoms with Crippen LogP contribution in [0.25, 0.3) is 22.3 Å². The second-order valence-electron chi connectivity index (χ2n) is 7.03. The lowest BCUT2D eigenvalue weighted by Gasteiger charge is -2.12. The van der Waals surface area contributed by atoms with E-state index in [9.17, 15) is 19.6 Å². The third-order valence-corrected chi connectivity index (χ3v) is 5.10. The minimum absolute atomic E-state index is 0.0469. The molecule has 0 bridgehead atoms. The van der Waals surface area contributed by atoms with Gasteiger partial charge in [0, 0.05) is 19.3 Å². The van der Waals surface area contributed by atoms with Crippen molar-refractivity contribution >= 4 is 16.9 Å². The van der Waals surface area contributed by atoms with Gasteiger partial charge in [0.1, 0.15) is 11.6 Å². The second-order valence-corrected chi connectivity index (χ2v) is 7.03. The topological polar surface area (TPSA) is 130 Å². The molecule has 0 atom stereocenters. The molecular weight excluding hydrogens is 414 g/mol. The van der Waals surface area contributed by atoms with Crippen LogP contribution in [0.4, 0.5) is 0 Å². The number of hydrogen-bond donors (Lipinski definition) is 0. The summed E-state index contributed by atoms with van der Waals surface area (Å²) in [5, 5.41) is 13.5. The monoisotopic (exact) mass is 433 g/mol. The van der Waals surface area contributed by atoms with Gasteiger partial charge in [-0.05, 0) is 44.2 Å². The van der Waals surface area contributed by atoms with E-state index in [1.165, 1.54) is 23.4 Å². The van der Waals surface area contributed by atoms with E-state index in [4.69, 9.17) is 4.74 Å². The number of esters is 1. The van der Waals surface area contributed by atoms with Gasteiger partial charge in [-0.2, -0.15) is 5.26 Å². The summed E-state index contributed by atoms with van der Waals surface area (Å²) in [5.74, 6) is -0.678. The quantitative estimate of drug-likeness (QED) is 0.440. The Hall–Kier alpha value is -4.46. The number of nitriles is 1. The lowest BCUT2D eigenvalue weighted by molar-refractivity contribution is 0.0595. The summed E-state index contributed by atoms with van der Waals surface area (Å²) in [6.07, 6.45) is 0. The van der Waals surface area contributed by atoms with E-state index in [0.29, 0.717) is 34.5 Å². The Morgan fingerprint density at radius 2 is 1.84 bits per heavy atom. The molecule has 3 heterocycles. The van der Waals surface area contributed by atoms with Crippen molar-refractivity contribution < 1.29 is 9.53 Å². The third-order valence-electron chi connectivity index (χ3n) is 5.10. The minimum atomic E-state index is -0.631. The molecule has 11 nitrogen and oxygen atoms in total. The van der Waals surface area contributed by atoms with Crippen LogP contribution in [0.1, 0.15) is 28.9 Å². The van der Waals surface area contributed by atoms with Gasteiger partial charge >= 0.3 is 11.7 Å².